The molecule has 0 aliphatic rings. The lowest BCUT2D eigenvalue weighted by Crippen LogP contribution is -3.00. The summed E-state index contributed by atoms with van der Waals surface area (Å²) in [7, 11) is 0. The molecule has 0 bridgehead atoms. The molecule has 0 aliphatic heterocycles. The minimum atomic E-state index is 0. The Balaban J connectivity index is 0.00000400. The number of aryl methyl sites for hydroxylation is 2. The molecular formula is C19H34IN. The second-order valence-corrected chi connectivity index (χ2v) is 6.15. The Bertz CT molecular complexity index is 321. The van der Waals surface area contributed by atoms with Gasteiger partial charge in [-0.3, -0.25) is 0 Å². The van der Waals surface area contributed by atoms with Crippen LogP contribution >= 0.6 is 0 Å². The summed E-state index contributed by atoms with van der Waals surface area (Å²) in [4.78, 5) is 0. The zero-order valence-corrected chi connectivity index (χ0v) is 16.3. The molecule has 0 amide bonds. The fourth-order valence-corrected chi connectivity index (χ4v) is 2.64. The lowest BCUT2D eigenvalue weighted by molar-refractivity contribution is -0.697. The number of rotatable bonds is 12. The molecule has 0 aliphatic carbocycles. The van der Waals surface area contributed by atoms with Crippen LogP contribution in [0.3, 0.4) is 0 Å². The van der Waals surface area contributed by atoms with Gasteiger partial charge < -0.3 is 24.0 Å². The van der Waals surface area contributed by atoms with Crippen molar-refractivity contribution >= 4 is 0 Å². The lowest BCUT2D eigenvalue weighted by Gasteiger charge is -2.02. The van der Waals surface area contributed by atoms with Crippen LogP contribution in [0.15, 0.2) is 24.5 Å². The monoisotopic (exact) mass is 403 g/mol. The molecule has 0 saturated carbocycles. The van der Waals surface area contributed by atoms with Crippen molar-refractivity contribution in [2.45, 2.75) is 91.0 Å². The van der Waals surface area contributed by atoms with E-state index >= 15 is 0 Å². The molecule has 21 heavy (non-hydrogen) atoms. The van der Waals surface area contributed by atoms with Gasteiger partial charge in [0.25, 0.3) is 0 Å². The maximum absolute atomic E-state index is 2.31. The van der Waals surface area contributed by atoms with Gasteiger partial charge in [0.2, 0.25) is 0 Å². The first-order chi connectivity index (χ1) is 9.83. The van der Waals surface area contributed by atoms with Crippen molar-refractivity contribution in [2.75, 3.05) is 0 Å². The fourth-order valence-electron chi connectivity index (χ4n) is 2.64. The van der Waals surface area contributed by atoms with Crippen LogP contribution in [0.1, 0.15) is 83.1 Å². The molecule has 1 heterocycles. The molecule has 1 nitrogen and oxygen atoms in total. The smallest absolute Gasteiger partial charge is 0.169 e. The van der Waals surface area contributed by atoms with Crippen molar-refractivity contribution in [1.82, 2.24) is 0 Å². The van der Waals surface area contributed by atoms with E-state index in [9.17, 15) is 0 Å². The van der Waals surface area contributed by atoms with Gasteiger partial charge in [-0.1, -0.05) is 64.7 Å². The summed E-state index contributed by atoms with van der Waals surface area (Å²) in [6.45, 7) is 5.61. The summed E-state index contributed by atoms with van der Waals surface area (Å²) in [6, 6.07) is 4.39. The van der Waals surface area contributed by atoms with Crippen LogP contribution in [-0.2, 0) is 6.54 Å². The van der Waals surface area contributed by atoms with Crippen LogP contribution in [0, 0.1) is 6.92 Å². The van der Waals surface area contributed by atoms with Crippen LogP contribution in [0.2, 0.25) is 0 Å². The molecule has 2 heteroatoms. The largest absolute Gasteiger partial charge is 1.00 e. The van der Waals surface area contributed by atoms with Crippen molar-refractivity contribution in [2.24, 2.45) is 0 Å². The van der Waals surface area contributed by atoms with Gasteiger partial charge in [0.1, 0.15) is 6.54 Å². The van der Waals surface area contributed by atoms with Crippen LogP contribution < -0.4 is 28.5 Å². The van der Waals surface area contributed by atoms with Gasteiger partial charge in [0.15, 0.2) is 12.4 Å². The number of halogens is 1. The van der Waals surface area contributed by atoms with E-state index in [-0.39, 0.29) is 24.0 Å². The van der Waals surface area contributed by atoms with E-state index in [2.05, 4.69) is 42.9 Å². The third kappa shape index (κ3) is 12.1. The second-order valence-electron chi connectivity index (χ2n) is 6.15. The summed E-state index contributed by atoms with van der Waals surface area (Å²) in [5, 5.41) is 0. The van der Waals surface area contributed by atoms with Crippen LogP contribution in [0.5, 0.6) is 0 Å². The van der Waals surface area contributed by atoms with E-state index in [1.807, 2.05) is 0 Å². The highest BCUT2D eigenvalue weighted by molar-refractivity contribution is 5.03. The minimum Gasteiger partial charge on any atom is -1.00 e. The number of aromatic nitrogens is 1. The average Bonchev–Trinajstić information content (AvgIpc) is 2.47. The van der Waals surface area contributed by atoms with Gasteiger partial charge in [-0.05, 0) is 18.9 Å². The van der Waals surface area contributed by atoms with Crippen LogP contribution in [-0.4, -0.2) is 0 Å². The van der Waals surface area contributed by atoms with Gasteiger partial charge in [0.05, 0.1) is 0 Å². The minimum absolute atomic E-state index is 0. The third-order valence-electron chi connectivity index (χ3n) is 4.08. The van der Waals surface area contributed by atoms with Gasteiger partial charge >= 0.3 is 0 Å². The Labute approximate surface area is 149 Å². The maximum Gasteiger partial charge on any atom is 0.169 e. The highest BCUT2D eigenvalue weighted by Gasteiger charge is 1.99. The quantitative estimate of drug-likeness (QED) is 0.287. The Morgan fingerprint density at radius 1 is 0.714 bits per heavy atom. The van der Waals surface area contributed by atoms with Gasteiger partial charge in [-0.25, -0.2) is 4.57 Å². The van der Waals surface area contributed by atoms with E-state index < -0.39 is 0 Å². The van der Waals surface area contributed by atoms with Gasteiger partial charge in [-0.2, -0.15) is 0 Å². The van der Waals surface area contributed by atoms with E-state index in [4.69, 9.17) is 0 Å². The Morgan fingerprint density at radius 2 is 1.14 bits per heavy atom. The predicted octanol–water partition coefficient (Wildman–Crippen LogP) is 2.60. The van der Waals surface area contributed by atoms with Crippen molar-refractivity contribution in [1.29, 1.82) is 0 Å². The Hall–Kier alpha value is -0.120. The lowest BCUT2D eigenvalue weighted by atomic mass is 10.1. The molecule has 0 spiro atoms. The molecule has 1 rings (SSSR count). The normalized spacial score (nSPS) is 10.4. The van der Waals surface area contributed by atoms with Crippen molar-refractivity contribution < 1.29 is 28.5 Å². The van der Waals surface area contributed by atoms with Gasteiger partial charge in [0, 0.05) is 18.6 Å². The molecule has 122 valence electrons. The highest BCUT2D eigenvalue weighted by Crippen LogP contribution is 2.11. The van der Waals surface area contributed by atoms with Crippen LogP contribution in [0.4, 0.5) is 0 Å². The number of hydrogen-bond donors (Lipinski definition) is 0. The van der Waals surface area contributed by atoms with E-state index in [1.54, 1.807) is 0 Å². The summed E-state index contributed by atoms with van der Waals surface area (Å²) in [6.07, 6.45) is 20.0. The molecule has 0 unspecified atom stereocenters. The molecule has 0 saturated heterocycles. The van der Waals surface area contributed by atoms with Gasteiger partial charge in [-0.15, -0.1) is 0 Å². The standard InChI is InChI=1S/C19H34N.HI/c1-3-4-5-6-7-8-9-10-11-12-13-16-20-17-14-19(2)15-18-20;/h14-15,17-18H,3-13,16H2,1-2H3;1H/q+1;/p-1. The molecule has 0 radical (unpaired) electrons. The Kier molecular flexibility index (Phi) is 14.7. The summed E-state index contributed by atoms with van der Waals surface area (Å²) in [5.74, 6) is 0. The van der Waals surface area contributed by atoms with Crippen molar-refractivity contribution in [3.05, 3.63) is 30.1 Å². The third-order valence-corrected chi connectivity index (χ3v) is 4.08. The van der Waals surface area contributed by atoms with E-state index in [1.165, 1.54) is 82.7 Å². The first-order valence-electron chi connectivity index (χ1n) is 8.78. The first kappa shape index (κ1) is 20.9. The fraction of sp³-hybridized carbons (Fsp3) is 0.737. The SMILES string of the molecule is CCCCCCCCCCCCC[n+]1ccc(C)cc1.[I-]. The Morgan fingerprint density at radius 3 is 1.62 bits per heavy atom. The number of hydrogen-bond acceptors (Lipinski definition) is 0. The summed E-state index contributed by atoms with van der Waals surface area (Å²) in [5.41, 5.74) is 1.35. The molecular weight excluding hydrogens is 369 g/mol. The molecule has 1 aromatic heterocycles. The van der Waals surface area contributed by atoms with Crippen molar-refractivity contribution in [3.63, 3.8) is 0 Å². The molecule has 0 fully saturated rings. The molecule has 0 N–H and O–H groups in total. The first-order valence-corrected chi connectivity index (χ1v) is 8.78. The molecule has 0 aromatic carbocycles. The average molecular weight is 403 g/mol. The summed E-state index contributed by atoms with van der Waals surface area (Å²) >= 11 is 0. The van der Waals surface area contributed by atoms with Crippen LogP contribution in [0.25, 0.3) is 0 Å². The van der Waals surface area contributed by atoms with E-state index in [0.29, 0.717) is 0 Å². The number of nitrogens with zero attached hydrogens (tertiary/aromatic N) is 1. The number of unbranched alkanes of at least 4 members (excludes halogenated alkanes) is 10. The number of pyridine rings is 1. The molecule has 1 aromatic rings. The highest BCUT2D eigenvalue weighted by atomic mass is 127. The zero-order chi connectivity index (χ0) is 14.5. The topological polar surface area (TPSA) is 3.88 Å². The maximum atomic E-state index is 2.31. The van der Waals surface area contributed by atoms with Crippen molar-refractivity contribution in [3.8, 4) is 0 Å². The zero-order valence-electron chi connectivity index (χ0n) is 14.1. The van der Waals surface area contributed by atoms with E-state index in [0.717, 1.165) is 0 Å². The summed E-state index contributed by atoms with van der Waals surface area (Å²) < 4.78 is 2.31. The predicted molar refractivity (Wildman–Crippen MR) is 87.8 cm³/mol. The second kappa shape index (κ2) is 14.8. The molecule has 0 atom stereocenters.